The standard InChI is InChI=1S/C8H9N3/c9-5-4-7-2-1-3-8(6-7)11-10/h1-3,6,11H,4,10H2. The second kappa shape index (κ2) is 3.59. The third kappa shape index (κ3) is 1.95. The summed E-state index contributed by atoms with van der Waals surface area (Å²) >= 11 is 0. The van der Waals surface area contributed by atoms with E-state index in [-0.39, 0.29) is 0 Å². The average molecular weight is 147 g/mol. The Morgan fingerprint density at radius 1 is 1.55 bits per heavy atom. The molecule has 0 aliphatic rings. The van der Waals surface area contributed by atoms with E-state index in [4.69, 9.17) is 11.1 Å². The Morgan fingerprint density at radius 3 is 3.00 bits per heavy atom. The molecule has 0 heterocycles. The minimum atomic E-state index is 0.426. The Bertz CT molecular complexity index is 275. The summed E-state index contributed by atoms with van der Waals surface area (Å²) in [6.07, 6.45) is 0.426. The zero-order valence-corrected chi connectivity index (χ0v) is 6.04. The van der Waals surface area contributed by atoms with Gasteiger partial charge < -0.3 is 5.43 Å². The van der Waals surface area contributed by atoms with Crippen LogP contribution in [0.3, 0.4) is 0 Å². The van der Waals surface area contributed by atoms with Gasteiger partial charge in [-0.15, -0.1) is 0 Å². The van der Waals surface area contributed by atoms with Crippen LogP contribution in [0.1, 0.15) is 5.56 Å². The Balaban J connectivity index is 2.84. The van der Waals surface area contributed by atoms with Crippen LogP contribution in [-0.2, 0) is 6.42 Å². The molecule has 1 aromatic carbocycles. The highest BCUT2D eigenvalue weighted by atomic mass is 15.2. The minimum Gasteiger partial charge on any atom is -0.324 e. The van der Waals surface area contributed by atoms with E-state index in [0.717, 1.165) is 11.3 Å². The molecule has 0 saturated carbocycles. The molecule has 3 N–H and O–H groups in total. The number of nitrogens with two attached hydrogens (primary N) is 1. The van der Waals surface area contributed by atoms with E-state index in [2.05, 4.69) is 11.5 Å². The molecular weight excluding hydrogens is 138 g/mol. The summed E-state index contributed by atoms with van der Waals surface area (Å²) in [7, 11) is 0. The lowest BCUT2D eigenvalue weighted by Gasteiger charge is -1.99. The molecule has 0 amide bonds. The van der Waals surface area contributed by atoms with Crippen molar-refractivity contribution in [3.8, 4) is 6.07 Å². The van der Waals surface area contributed by atoms with Gasteiger partial charge in [0.2, 0.25) is 0 Å². The highest BCUT2D eigenvalue weighted by Crippen LogP contribution is 2.08. The molecule has 0 unspecified atom stereocenters. The van der Waals surface area contributed by atoms with Crippen LogP contribution in [0.15, 0.2) is 24.3 Å². The highest BCUT2D eigenvalue weighted by molar-refractivity contribution is 5.44. The first-order valence-corrected chi connectivity index (χ1v) is 3.29. The zero-order chi connectivity index (χ0) is 8.10. The molecule has 0 saturated heterocycles. The zero-order valence-electron chi connectivity index (χ0n) is 6.04. The van der Waals surface area contributed by atoms with Crippen molar-refractivity contribution in [1.29, 1.82) is 5.26 Å². The fourth-order valence-electron chi connectivity index (χ4n) is 0.862. The number of benzene rings is 1. The summed E-state index contributed by atoms with van der Waals surface area (Å²) < 4.78 is 0. The normalized spacial score (nSPS) is 8.73. The van der Waals surface area contributed by atoms with Crippen LogP contribution in [0, 0.1) is 11.3 Å². The fourth-order valence-corrected chi connectivity index (χ4v) is 0.862. The number of nitrogens with one attached hydrogen (secondary N) is 1. The first kappa shape index (κ1) is 7.58. The van der Waals surface area contributed by atoms with Gasteiger partial charge >= 0.3 is 0 Å². The first-order valence-electron chi connectivity index (χ1n) is 3.29. The van der Waals surface area contributed by atoms with E-state index in [1.807, 2.05) is 24.3 Å². The number of hydrogen-bond donors (Lipinski definition) is 2. The SMILES string of the molecule is N#CCc1cccc(NN)c1. The lowest BCUT2D eigenvalue weighted by Crippen LogP contribution is -2.06. The van der Waals surface area contributed by atoms with Crippen molar-refractivity contribution >= 4 is 5.69 Å². The van der Waals surface area contributed by atoms with E-state index in [0.29, 0.717) is 6.42 Å². The second-order valence-corrected chi connectivity index (χ2v) is 2.18. The Labute approximate surface area is 65.4 Å². The third-order valence-electron chi connectivity index (χ3n) is 1.38. The van der Waals surface area contributed by atoms with Crippen LogP contribution >= 0.6 is 0 Å². The van der Waals surface area contributed by atoms with Crippen molar-refractivity contribution in [2.24, 2.45) is 5.84 Å². The number of nitrogens with zero attached hydrogens (tertiary/aromatic N) is 1. The van der Waals surface area contributed by atoms with E-state index >= 15 is 0 Å². The van der Waals surface area contributed by atoms with Crippen LogP contribution in [-0.4, -0.2) is 0 Å². The number of anilines is 1. The molecule has 0 fully saturated rings. The van der Waals surface area contributed by atoms with E-state index in [1.165, 1.54) is 0 Å². The van der Waals surface area contributed by atoms with Gasteiger partial charge in [0.15, 0.2) is 0 Å². The van der Waals surface area contributed by atoms with Gasteiger partial charge in [-0.05, 0) is 17.7 Å². The second-order valence-electron chi connectivity index (χ2n) is 2.18. The lowest BCUT2D eigenvalue weighted by molar-refractivity contribution is 1.25. The molecule has 0 aliphatic carbocycles. The van der Waals surface area contributed by atoms with Crippen LogP contribution in [0.2, 0.25) is 0 Å². The predicted octanol–water partition coefficient (Wildman–Crippen LogP) is 1.04. The van der Waals surface area contributed by atoms with E-state index in [9.17, 15) is 0 Å². The van der Waals surface area contributed by atoms with Gasteiger partial charge in [0.25, 0.3) is 0 Å². The summed E-state index contributed by atoms with van der Waals surface area (Å²) in [5.74, 6) is 5.18. The maximum Gasteiger partial charge on any atom is 0.0669 e. The van der Waals surface area contributed by atoms with Gasteiger partial charge in [-0.1, -0.05) is 12.1 Å². The third-order valence-corrected chi connectivity index (χ3v) is 1.38. The van der Waals surface area contributed by atoms with Gasteiger partial charge in [-0.3, -0.25) is 5.84 Å². The molecule has 0 bridgehead atoms. The largest absolute Gasteiger partial charge is 0.324 e. The van der Waals surface area contributed by atoms with Gasteiger partial charge in [-0.25, -0.2) is 0 Å². The number of hydrogen-bond acceptors (Lipinski definition) is 3. The molecule has 0 atom stereocenters. The van der Waals surface area contributed by atoms with Crippen molar-refractivity contribution < 1.29 is 0 Å². The highest BCUT2D eigenvalue weighted by Gasteiger charge is 1.91. The summed E-state index contributed by atoms with van der Waals surface area (Å²) in [6, 6.07) is 9.52. The molecular formula is C8H9N3. The summed E-state index contributed by atoms with van der Waals surface area (Å²) in [5.41, 5.74) is 4.32. The Hall–Kier alpha value is -1.53. The van der Waals surface area contributed by atoms with Crippen molar-refractivity contribution in [1.82, 2.24) is 0 Å². The van der Waals surface area contributed by atoms with Crippen molar-refractivity contribution in [2.45, 2.75) is 6.42 Å². The van der Waals surface area contributed by atoms with Crippen molar-refractivity contribution in [2.75, 3.05) is 5.43 Å². The van der Waals surface area contributed by atoms with E-state index in [1.54, 1.807) is 0 Å². The Morgan fingerprint density at radius 2 is 2.36 bits per heavy atom. The average Bonchev–Trinajstić information content (AvgIpc) is 2.06. The van der Waals surface area contributed by atoms with Gasteiger partial charge in [-0.2, -0.15) is 5.26 Å². The molecule has 56 valence electrons. The molecule has 0 spiro atoms. The van der Waals surface area contributed by atoms with Crippen molar-refractivity contribution in [3.05, 3.63) is 29.8 Å². The molecule has 0 aliphatic heterocycles. The molecule has 1 rings (SSSR count). The number of nitriles is 1. The topological polar surface area (TPSA) is 61.8 Å². The fraction of sp³-hybridized carbons (Fsp3) is 0.125. The molecule has 11 heavy (non-hydrogen) atoms. The van der Waals surface area contributed by atoms with Gasteiger partial charge in [0, 0.05) is 5.69 Å². The Kier molecular flexibility index (Phi) is 2.47. The summed E-state index contributed by atoms with van der Waals surface area (Å²) in [6.45, 7) is 0. The monoisotopic (exact) mass is 147 g/mol. The van der Waals surface area contributed by atoms with Gasteiger partial charge in [0.05, 0.1) is 12.5 Å². The van der Waals surface area contributed by atoms with Crippen LogP contribution in [0.5, 0.6) is 0 Å². The van der Waals surface area contributed by atoms with Gasteiger partial charge in [0.1, 0.15) is 0 Å². The van der Waals surface area contributed by atoms with Crippen LogP contribution < -0.4 is 11.3 Å². The molecule has 3 nitrogen and oxygen atoms in total. The predicted molar refractivity (Wildman–Crippen MR) is 43.6 cm³/mol. The van der Waals surface area contributed by atoms with Crippen LogP contribution in [0.4, 0.5) is 5.69 Å². The van der Waals surface area contributed by atoms with Crippen molar-refractivity contribution in [3.63, 3.8) is 0 Å². The molecule has 3 heteroatoms. The summed E-state index contributed by atoms with van der Waals surface area (Å²) in [4.78, 5) is 0. The first-order chi connectivity index (χ1) is 5.36. The number of nitrogen functional groups attached to an aromatic ring is 1. The smallest absolute Gasteiger partial charge is 0.0669 e. The van der Waals surface area contributed by atoms with E-state index < -0.39 is 0 Å². The maximum absolute atomic E-state index is 8.38. The maximum atomic E-state index is 8.38. The quantitative estimate of drug-likeness (QED) is 0.485. The summed E-state index contributed by atoms with van der Waals surface area (Å²) in [5, 5.41) is 8.38. The molecule has 0 radical (unpaired) electrons. The molecule has 1 aromatic rings. The lowest BCUT2D eigenvalue weighted by atomic mass is 10.1. The van der Waals surface area contributed by atoms with Crippen LogP contribution in [0.25, 0.3) is 0 Å². The molecule has 0 aromatic heterocycles. The number of rotatable bonds is 2. The number of hydrazine groups is 1. The minimum absolute atomic E-state index is 0.426.